The van der Waals surface area contributed by atoms with Crippen LogP contribution < -0.4 is 0 Å². The van der Waals surface area contributed by atoms with Crippen LogP contribution in [0.2, 0.25) is 0 Å². The topological polar surface area (TPSA) is 17.1 Å². The van der Waals surface area contributed by atoms with Gasteiger partial charge in [0.1, 0.15) is 21.0 Å². The minimum Gasteiger partial charge on any atom is -0.289 e. The maximum atomic E-state index is 12.3. The Kier molecular flexibility index (Phi) is 8.70. The van der Waals surface area contributed by atoms with Gasteiger partial charge in [0.05, 0.1) is 0 Å². The molecule has 0 aromatic rings. The number of rotatable bonds is 8. The van der Waals surface area contributed by atoms with Crippen molar-refractivity contribution in [2.75, 3.05) is 11.5 Å². The smallest absolute Gasteiger partial charge is 0.230 e. The average molecular weight is 293 g/mol. The van der Waals surface area contributed by atoms with Crippen LogP contribution in [-0.4, -0.2) is 38.3 Å². The van der Waals surface area contributed by atoms with Crippen LogP contribution in [0.1, 0.15) is 55.4 Å². The summed E-state index contributed by atoms with van der Waals surface area (Å²) in [6.07, 6.45) is 0. The fourth-order valence-electron chi connectivity index (χ4n) is 2.17. The molecule has 3 heteroatoms. The van der Waals surface area contributed by atoms with Gasteiger partial charge in [0, 0.05) is 0 Å². The molecule has 0 aliphatic rings. The van der Waals surface area contributed by atoms with Crippen LogP contribution in [0, 0.1) is 0 Å². The first kappa shape index (κ1) is 18.4. The van der Waals surface area contributed by atoms with Crippen LogP contribution in [0.15, 0.2) is 0 Å². The van der Waals surface area contributed by atoms with Crippen molar-refractivity contribution in [3.05, 3.63) is 0 Å². The predicted octanol–water partition coefficient (Wildman–Crippen LogP) is 3.43. The van der Waals surface area contributed by atoms with E-state index in [2.05, 4.69) is 55.4 Å². The molecule has 0 aromatic heterocycles. The molecule has 108 valence electrons. The lowest BCUT2D eigenvalue weighted by Gasteiger charge is -2.17. The van der Waals surface area contributed by atoms with E-state index in [4.69, 9.17) is 0 Å². The van der Waals surface area contributed by atoms with Gasteiger partial charge in [0.15, 0.2) is 11.5 Å². The van der Waals surface area contributed by atoms with Crippen LogP contribution in [-0.2, 0) is 26.6 Å². The molecule has 0 spiro atoms. The van der Waals surface area contributed by atoms with Gasteiger partial charge in [-0.05, 0) is 77.2 Å². The lowest BCUT2D eigenvalue weighted by Crippen LogP contribution is -2.37. The maximum Gasteiger partial charge on any atom is 0.230 e. The van der Waals surface area contributed by atoms with E-state index < -0.39 is 0 Å². The molecule has 0 aromatic carbocycles. The number of Topliss-reactive ketones (excluding diaryl/α,β-unsaturated/α-hetero) is 1. The van der Waals surface area contributed by atoms with Gasteiger partial charge < -0.3 is 0 Å². The highest BCUT2D eigenvalue weighted by Gasteiger charge is 2.35. The summed E-state index contributed by atoms with van der Waals surface area (Å²) in [6, 6.07) is 0. The molecule has 0 heterocycles. The standard InChI is InChI=1S/C15H32OS2/c1-11(2)17(12(3)4)9-15(16)10-18(13(5)6)14(7)8/h11-14H,9-10H2,1-8H3/q+2. The highest BCUT2D eigenvalue weighted by Crippen LogP contribution is 2.17. The minimum absolute atomic E-state index is 0.254. The zero-order valence-corrected chi connectivity index (χ0v) is 15.1. The van der Waals surface area contributed by atoms with E-state index in [0.717, 1.165) is 11.5 Å². The molecule has 0 fully saturated rings. The number of carbonyl (C=O) groups is 1. The second-order valence-corrected chi connectivity index (χ2v) is 12.2. The Morgan fingerprint density at radius 2 is 0.889 bits per heavy atom. The number of hydrogen-bond donors (Lipinski definition) is 0. The second-order valence-electron chi connectivity index (χ2n) is 5.96. The van der Waals surface area contributed by atoms with E-state index in [9.17, 15) is 4.79 Å². The third-order valence-corrected chi connectivity index (χ3v) is 9.23. The van der Waals surface area contributed by atoms with Crippen molar-refractivity contribution >= 4 is 27.6 Å². The van der Waals surface area contributed by atoms with Gasteiger partial charge in [0.2, 0.25) is 5.78 Å². The Morgan fingerprint density at radius 3 is 1.06 bits per heavy atom. The summed E-state index contributed by atoms with van der Waals surface area (Å²) in [5, 5.41) is 2.53. The third kappa shape index (κ3) is 6.51. The molecule has 0 unspecified atom stereocenters. The summed E-state index contributed by atoms with van der Waals surface area (Å²) in [7, 11) is 0.508. The largest absolute Gasteiger partial charge is 0.289 e. The molecule has 0 saturated heterocycles. The van der Waals surface area contributed by atoms with Crippen molar-refractivity contribution in [1.29, 1.82) is 0 Å². The Hall–Kier alpha value is 0.370. The van der Waals surface area contributed by atoms with Gasteiger partial charge in [-0.3, -0.25) is 4.79 Å². The molecule has 0 amide bonds. The first-order chi connectivity index (χ1) is 8.16. The molecule has 0 saturated carbocycles. The maximum absolute atomic E-state index is 12.3. The van der Waals surface area contributed by atoms with Crippen LogP contribution >= 0.6 is 0 Å². The molecular weight excluding hydrogens is 260 g/mol. The van der Waals surface area contributed by atoms with E-state index in [1.165, 1.54) is 0 Å². The first-order valence-corrected chi connectivity index (χ1v) is 10.1. The van der Waals surface area contributed by atoms with Crippen LogP contribution in [0.3, 0.4) is 0 Å². The molecule has 0 aliphatic carbocycles. The third-order valence-electron chi connectivity index (χ3n) is 3.08. The summed E-state index contributed by atoms with van der Waals surface area (Å²) in [5.41, 5.74) is 0. The average Bonchev–Trinajstić information content (AvgIpc) is 2.20. The zero-order valence-electron chi connectivity index (χ0n) is 13.4. The van der Waals surface area contributed by atoms with Gasteiger partial charge in [-0.2, -0.15) is 0 Å². The Balaban J connectivity index is 4.48. The fraction of sp³-hybridized carbons (Fsp3) is 0.933. The van der Waals surface area contributed by atoms with Gasteiger partial charge >= 0.3 is 0 Å². The lowest BCUT2D eigenvalue weighted by atomic mass is 10.5. The Labute approximate surface area is 120 Å². The first-order valence-electron chi connectivity index (χ1n) is 7.05. The minimum atomic E-state index is 0.254. The summed E-state index contributed by atoms with van der Waals surface area (Å²) >= 11 is 0. The van der Waals surface area contributed by atoms with Gasteiger partial charge in [-0.25, -0.2) is 0 Å². The van der Waals surface area contributed by atoms with Crippen molar-refractivity contribution < 1.29 is 4.79 Å². The Bertz CT molecular complexity index is 207. The summed E-state index contributed by atoms with van der Waals surface area (Å²) in [5.74, 6) is 2.10. The highest BCUT2D eigenvalue weighted by molar-refractivity contribution is 8.00. The Morgan fingerprint density at radius 1 is 0.667 bits per heavy atom. The second kappa shape index (κ2) is 8.52. The molecule has 0 bridgehead atoms. The molecule has 0 rings (SSSR count). The van der Waals surface area contributed by atoms with E-state index in [1.807, 2.05) is 0 Å². The predicted molar refractivity (Wildman–Crippen MR) is 90.0 cm³/mol. The number of hydrogen-bond acceptors (Lipinski definition) is 1. The fourth-order valence-corrected chi connectivity index (χ4v) is 6.76. The van der Waals surface area contributed by atoms with E-state index in [0.29, 0.717) is 26.8 Å². The van der Waals surface area contributed by atoms with Crippen LogP contribution in [0.4, 0.5) is 0 Å². The van der Waals surface area contributed by atoms with Crippen molar-refractivity contribution in [2.45, 2.75) is 76.4 Å². The molecule has 1 nitrogen and oxygen atoms in total. The monoisotopic (exact) mass is 292 g/mol. The zero-order chi connectivity index (χ0) is 14.5. The highest BCUT2D eigenvalue weighted by atomic mass is 32.2. The lowest BCUT2D eigenvalue weighted by molar-refractivity contribution is -0.114. The van der Waals surface area contributed by atoms with Crippen molar-refractivity contribution in [3.8, 4) is 0 Å². The molecule has 0 atom stereocenters. The van der Waals surface area contributed by atoms with Crippen molar-refractivity contribution in [1.82, 2.24) is 0 Å². The summed E-state index contributed by atoms with van der Waals surface area (Å²) in [6.45, 7) is 18.0. The quantitative estimate of drug-likeness (QED) is 0.627. The van der Waals surface area contributed by atoms with Crippen LogP contribution in [0.25, 0.3) is 0 Å². The van der Waals surface area contributed by atoms with E-state index in [1.54, 1.807) is 0 Å². The molecule has 0 N–H and O–H groups in total. The normalized spacial score (nSPS) is 12.8. The number of carbonyl (C=O) groups excluding carboxylic acids is 1. The van der Waals surface area contributed by atoms with Crippen molar-refractivity contribution in [2.24, 2.45) is 0 Å². The SMILES string of the molecule is CC(C)[S+](CC(=O)C[S+](C(C)C)C(C)C)C(C)C. The molecule has 0 radical (unpaired) electrons. The molecule has 0 aliphatic heterocycles. The van der Waals surface area contributed by atoms with Gasteiger partial charge in [-0.1, -0.05) is 0 Å². The van der Waals surface area contributed by atoms with Gasteiger partial charge in [-0.15, -0.1) is 0 Å². The van der Waals surface area contributed by atoms with Crippen molar-refractivity contribution in [3.63, 3.8) is 0 Å². The summed E-state index contributed by atoms with van der Waals surface area (Å²) in [4.78, 5) is 12.3. The van der Waals surface area contributed by atoms with E-state index in [-0.39, 0.29) is 21.8 Å². The van der Waals surface area contributed by atoms with Gasteiger partial charge in [0.25, 0.3) is 0 Å². The summed E-state index contributed by atoms with van der Waals surface area (Å²) < 4.78 is 0. The molecule has 18 heavy (non-hydrogen) atoms. The van der Waals surface area contributed by atoms with Crippen LogP contribution in [0.5, 0.6) is 0 Å². The number of ketones is 1. The molecular formula is C15H32OS2+2. The van der Waals surface area contributed by atoms with E-state index >= 15 is 0 Å².